The number of nitrogens with one attached hydrogen (secondary N) is 1. The van der Waals surface area contributed by atoms with Crippen molar-refractivity contribution >= 4 is 40.7 Å². The quantitative estimate of drug-likeness (QED) is 0.367. The monoisotopic (exact) mass is 497 g/mol. The van der Waals surface area contributed by atoms with Gasteiger partial charge in [0.2, 0.25) is 5.82 Å². The smallest absolute Gasteiger partial charge is 0.254 e. The third kappa shape index (κ3) is 5.71. The van der Waals surface area contributed by atoms with Crippen LogP contribution in [0.25, 0.3) is 0 Å². The van der Waals surface area contributed by atoms with Gasteiger partial charge in [-0.1, -0.05) is 66.8 Å². The topological polar surface area (TPSA) is 38.3 Å². The van der Waals surface area contributed by atoms with Gasteiger partial charge in [0.25, 0.3) is 5.91 Å². The second-order valence-corrected chi connectivity index (χ2v) is 8.84. The molecule has 0 aliphatic rings. The highest BCUT2D eigenvalue weighted by atomic mass is 35.5. The lowest BCUT2D eigenvalue weighted by molar-refractivity contribution is 0.0943. The molecule has 168 valence electrons. The Morgan fingerprint density at radius 2 is 1.59 bits per heavy atom. The van der Waals surface area contributed by atoms with Crippen molar-refractivity contribution in [3.63, 3.8) is 0 Å². The molecule has 0 bridgehead atoms. The molecule has 3 aromatic carbocycles. The van der Waals surface area contributed by atoms with E-state index >= 15 is 0 Å². The first-order chi connectivity index (χ1) is 15.2. The highest BCUT2D eigenvalue weighted by Gasteiger charge is 2.25. The van der Waals surface area contributed by atoms with E-state index in [-0.39, 0.29) is 11.7 Å². The van der Waals surface area contributed by atoms with Crippen molar-refractivity contribution in [2.75, 3.05) is 6.54 Å². The van der Waals surface area contributed by atoms with Crippen LogP contribution in [0.1, 0.15) is 41.4 Å². The Bertz CT molecular complexity index is 1120. The molecule has 1 unspecified atom stereocenters. The van der Waals surface area contributed by atoms with Crippen LogP contribution in [0.3, 0.4) is 0 Å². The summed E-state index contributed by atoms with van der Waals surface area (Å²) in [4.78, 5) is 12.2. The molecule has 0 spiro atoms. The molecule has 0 fully saturated rings. The number of benzene rings is 3. The Morgan fingerprint density at radius 1 is 0.938 bits per heavy atom. The molecule has 0 aromatic heterocycles. The molecule has 0 heterocycles. The highest BCUT2D eigenvalue weighted by molar-refractivity contribution is 6.35. The molecule has 0 saturated heterocycles. The molecule has 1 N–H and O–H groups in total. The predicted octanol–water partition coefficient (Wildman–Crippen LogP) is 7.48. The second-order valence-electron chi connectivity index (χ2n) is 7.56. The fraction of sp³-hybridized carbons (Fsp3) is 0.208. The summed E-state index contributed by atoms with van der Waals surface area (Å²) in [5.41, 5.74) is 0.706. The van der Waals surface area contributed by atoms with E-state index in [4.69, 9.17) is 39.5 Å². The third-order valence-electron chi connectivity index (χ3n) is 4.62. The lowest BCUT2D eigenvalue weighted by atomic mass is 10.0. The third-order valence-corrected chi connectivity index (χ3v) is 5.44. The summed E-state index contributed by atoms with van der Waals surface area (Å²) in [7, 11) is 0. The van der Waals surface area contributed by atoms with E-state index in [0.29, 0.717) is 32.7 Å². The van der Waals surface area contributed by atoms with E-state index in [2.05, 4.69) is 5.32 Å². The number of hydrogen-bond acceptors (Lipinski definition) is 2. The standard InChI is InChI=1S/C24H20Cl3F2NO2/c1-13(2)12-30-24(31)18-9-10-20(22(29)21(18)28)32-23(14-3-5-15(25)6-4-14)17-8-7-16(26)11-19(17)27/h3-11,13,23H,12H2,1-2H3,(H,30,31). The van der Waals surface area contributed by atoms with Crippen molar-refractivity contribution in [2.45, 2.75) is 20.0 Å². The molecule has 3 rings (SSSR count). The Labute approximate surface area is 200 Å². The van der Waals surface area contributed by atoms with Crippen molar-refractivity contribution in [3.05, 3.63) is 98.0 Å². The van der Waals surface area contributed by atoms with Gasteiger partial charge in [0.1, 0.15) is 0 Å². The molecule has 0 aliphatic heterocycles. The van der Waals surface area contributed by atoms with Crippen molar-refractivity contribution in [2.24, 2.45) is 5.92 Å². The summed E-state index contributed by atoms with van der Waals surface area (Å²) >= 11 is 18.3. The van der Waals surface area contributed by atoms with E-state index in [1.54, 1.807) is 36.4 Å². The summed E-state index contributed by atoms with van der Waals surface area (Å²) in [6.07, 6.45) is -0.883. The number of carbonyl (C=O) groups excluding carboxylic acids is 1. The molecule has 0 aliphatic carbocycles. The zero-order chi connectivity index (χ0) is 23.4. The fourth-order valence-corrected chi connectivity index (χ4v) is 3.61. The zero-order valence-corrected chi connectivity index (χ0v) is 19.5. The maximum absolute atomic E-state index is 14.9. The van der Waals surface area contributed by atoms with Crippen LogP contribution in [0.4, 0.5) is 8.78 Å². The maximum atomic E-state index is 14.9. The number of hydrogen-bond donors (Lipinski definition) is 1. The first-order valence-corrected chi connectivity index (χ1v) is 10.9. The molecule has 0 saturated carbocycles. The summed E-state index contributed by atoms with van der Waals surface area (Å²) in [5.74, 6) is -3.46. The Morgan fingerprint density at radius 3 is 2.22 bits per heavy atom. The Kier molecular flexibility index (Phi) is 7.99. The number of rotatable bonds is 7. The molecular formula is C24H20Cl3F2NO2. The summed E-state index contributed by atoms with van der Waals surface area (Å²) in [6.45, 7) is 4.13. The molecule has 0 radical (unpaired) electrons. The van der Waals surface area contributed by atoms with E-state index in [9.17, 15) is 13.6 Å². The molecule has 3 nitrogen and oxygen atoms in total. The lowest BCUT2D eigenvalue weighted by Crippen LogP contribution is -2.28. The van der Waals surface area contributed by atoms with Crippen LogP contribution in [-0.4, -0.2) is 12.5 Å². The van der Waals surface area contributed by atoms with Crippen LogP contribution in [0, 0.1) is 17.6 Å². The van der Waals surface area contributed by atoms with Crippen LogP contribution in [-0.2, 0) is 0 Å². The first-order valence-electron chi connectivity index (χ1n) is 9.80. The second kappa shape index (κ2) is 10.5. The van der Waals surface area contributed by atoms with Gasteiger partial charge in [-0.15, -0.1) is 0 Å². The number of halogens is 5. The predicted molar refractivity (Wildman–Crippen MR) is 124 cm³/mol. The van der Waals surface area contributed by atoms with E-state index in [0.717, 1.165) is 0 Å². The van der Waals surface area contributed by atoms with Crippen molar-refractivity contribution in [1.82, 2.24) is 5.32 Å². The molecule has 32 heavy (non-hydrogen) atoms. The van der Waals surface area contributed by atoms with Crippen LogP contribution in [0.15, 0.2) is 54.6 Å². The van der Waals surface area contributed by atoms with Gasteiger partial charge in [-0.3, -0.25) is 4.79 Å². The van der Waals surface area contributed by atoms with Gasteiger partial charge in [0.15, 0.2) is 17.7 Å². The van der Waals surface area contributed by atoms with E-state index in [1.807, 2.05) is 13.8 Å². The lowest BCUT2D eigenvalue weighted by Gasteiger charge is -2.22. The van der Waals surface area contributed by atoms with Gasteiger partial charge >= 0.3 is 0 Å². The minimum Gasteiger partial charge on any atom is -0.478 e. The van der Waals surface area contributed by atoms with Crippen molar-refractivity contribution in [1.29, 1.82) is 0 Å². The summed E-state index contributed by atoms with van der Waals surface area (Å²) in [6, 6.07) is 13.9. The maximum Gasteiger partial charge on any atom is 0.254 e. The van der Waals surface area contributed by atoms with E-state index in [1.165, 1.54) is 18.2 Å². The minimum atomic E-state index is -1.29. The summed E-state index contributed by atoms with van der Waals surface area (Å²) in [5, 5.41) is 3.78. The van der Waals surface area contributed by atoms with Crippen LogP contribution in [0.5, 0.6) is 5.75 Å². The molecular weight excluding hydrogens is 479 g/mol. The largest absolute Gasteiger partial charge is 0.478 e. The Hall–Kier alpha value is -2.34. The van der Waals surface area contributed by atoms with E-state index < -0.39 is 29.2 Å². The zero-order valence-electron chi connectivity index (χ0n) is 17.3. The first kappa shape index (κ1) is 24.3. The number of carbonyl (C=O) groups is 1. The normalized spacial score (nSPS) is 12.0. The van der Waals surface area contributed by atoms with Crippen LogP contribution >= 0.6 is 34.8 Å². The van der Waals surface area contributed by atoms with Crippen molar-refractivity contribution in [3.8, 4) is 5.75 Å². The molecule has 8 heteroatoms. The molecule has 3 aromatic rings. The molecule has 1 amide bonds. The van der Waals surface area contributed by atoms with Crippen molar-refractivity contribution < 1.29 is 18.3 Å². The Balaban J connectivity index is 1.98. The number of ether oxygens (including phenoxy) is 1. The fourth-order valence-electron chi connectivity index (χ4n) is 2.98. The minimum absolute atomic E-state index is 0.165. The van der Waals surface area contributed by atoms with Crippen LogP contribution in [0.2, 0.25) is 15.1 Å². The average Bonchev–Trinajstić information content (AvgIpc) is 2.74. The van der Waals surface area contributed by atoms with Gasteiger partial charge in [-0.2, -0.15) is 4.39 Å². The van der Waals surface area contributed by atoms with Gasteiger partial charge in [0.05, 0.1) is 5.56 Å². The van der Waals surface area contributed by atoms with Gasteiger partial charge in [-0.05, 0) is 47.9 Å². The summed E-state index contributed by atoms with van der Waals surface area (Å²) < 4.78 is 35.5. The van der Waals surface area contributed by atoms with Crippen LogP contribution < -0.4 is 10.1 Å². The number of amides is 1. The average molecular weight is 499 g/mol. The highest BCUT2D eigenvalue weighted by Crippen LogP contribution is 2.36. The van der Waals surface area contributed by atoms with Gasteiger partial charge in [0, 0.05) is 27.2 Å². The molecule has 1 atom stereocenters. The SMILES string of the molecule is CC(C)CNC(=O)c1ccc(OC(c2ccc(Cl)cc2)c2ccc(Cl)cc2Cl)c(F)c1F. The van der Waals surface area contributed by atoms with Gasteiger partial charge in [-0.25, -0.2) is 4.39 Å². The van der Waals surface area contributed by atoms with Gasteiger partial charge < -0.3 is 10.1 Å².